The molecule has 0 spiro atoms. The molecule has 0 aliphatic carbocycles. The van der Waals surface area contributed by atoms with Gasteiger partial charge in [0.25, 0.3) is 0 Å². The summed E-state index contributed by atoms with van der Waals surface area (Å²) >= 11 is 0. The third-order valence-corrected chi connectivity index (χ3v) is 3.11. The summed E-state index contributed by atoms with van der Waals surface area (Å²) in [6.07, 6.45) is 0. The molecular weight excluding hydrogens is 244 g/mol. The molecule has 0 aliphatic rings. The van der Waals surface area contributed by atoms with Gasteiger partial charge in [0.2, 0.25) is 5.91 Å². The standard InChI is InChI=1S/C14H22N2O3/c1-5-15-14(18)9-16(3)10(2)11-6-7-12(17)13(8-11)19-4/h6-8,10,17H,5,9H2,1-4H3,(H,15,18). The van der Waals surface area contributed by atoms with E-state index in [2.05, 4.69) is 5.32 Å². The molecule has 0 aliphatic heterocycles. The number of phenols is 1. The molecule has 0 saturated carbocycles. The number of carbonyl (C=O) groups excluding carboxylic acids is 1. The van der Waals surface area contributed by atoms with Crippen LogP contribution in [0.25, 0.3) is 0 Å². The van der Waals surface area contributed by atoms with Gasteiger partial charge in [0, 0.05) is 12.6 Å². The van der Waals surface area contributed by atoms with Gasteiger partial charge in [0.15, 0.2) is 11.5 Å². The number of phenolic OH excluding ortho intramolecular Hbond substituents is 1. The Balaban J connectivity index is 2.76. The average Bonchev–Trinajstić information content (AvgIpc) is 2.38. The first-order chi connectivity index (χ1) is 8.99. The summed E-state index contributed by atoms with van der Waals surface area (Å²) in [5.41, 5.74) is 0.987. The lowest BCUT2D eigenvalue weighted by molar-refractivity contribution is -0.122. The fraction of sp³-hybridized carbons (Fsp3) is 0.500. The molecule has 1 amide bonds. The van der Waals surface area contributed by atoms with Crippen LogP contribution < -0.4 is 10.1 Å². The zero-order valence-electron chi connectivity index (χ0n) is 11.9. The van der Waals surface area contributed by atoms with E-state index in [4.69, 9.17) is 4.74 Å². The minimum Gasteiger partial charge on any atom is -0.504 e. The number of carbonyl (C=O) groups is 1. The van der Waals surface area contributed by atoms with E-state index >= 15 is 0 Å². The lowest BCUT2D eigenvalue weighted by atomic mass is 10.1. The van der Waals surface area contributed by atoms with Gasteiger partial charge < -0.3 is 15.2 Å². The van der Waals surface area contributed by atoms with Crippen molar-refractivity contribution in [3.05, 3.63) is 23.8 Å². The van der Waals surface area contributed by atoms with Gasteiger partial charge in [-0.15, -0.1) is 0 Å². The number of amides is 1. The molecule has 1 atom stereocenters. The molecule has 1 aromatic rings. The molecule has 0 fully saturated rings. The van der Waals surface area contributed by atoms with E-state index in [0.29, 0.717) is 18.8 Å². The van der Waals surface area contributed by atoms with Crippen molar-refractivity contribution in [2.24, 2.45) is 0 Å². The van der Waals surface area contributed by atoms with Crippen LogP contribution in [-0.4, -0.2) is 43.2 Å². The van der Waals surface area contributed by atoms with Gasteiger partial charge in [0.05, 0.1) is 13.7 Å². The van der Waals surface area contributed by atoms with E-state index in [0.717, 1.165) is 5.56 Å². The molecular formula is C14H22N2O3. The summed E-state index contributed by atoms with van der Waals surface area (Å²) in [6, 6.07) is 5.27. The van der Waals surface area contributed by atoms with Crippen LogP contribution in [0, 0.1) is 0 Å². The Hall–Kier alpha value is -1.75. The summed E-state index contributed by atoms with van der Waals surface area (Å²) in [6.45, 7) is 4.86. The van der Waals surface area contributed by atoms with Gasteiger partial charge in [-0.2, -0.15) is 0 Å². The molecule has 0 heterocycles. The van der Waals surface area contributed by atoms with E-state index in [-0.39, 0.29) is 17.7 Å². The predicted octanol–water partition coefficient (Wildman–Crippen LogP) is 1.53. The van der Waals surface area contributed by atoms with Crippen molar-refractivity contribution in [3.63, 3.8) is 0 Å². The lowest BCUT2D eigenvalue weighted by Crippen LogP contribution is -2.36. The molecule has 19 heavy (non-hydrogen) atoms. The highest BCUT2D eigenvalue weighted by molar-refractivity contribution is 5.77. The van der Waals surface area contributed by atoms with Gasteiger partial charge in [0.1, 0.15) is 0 Å². The second-order valence-corrected chi connectivity index (χ2v) is 4.48. The van der Waals surface area contributed by atoms with Gasteiger partial charge in [-0.05, 0) is 38.6 Å². The number of hydrogen-bond donors (Lipinski definition) is 2. The normalized spacial score (nSPS) is 12.3. The molecule has 2 N–H and O–H groups in total. The first-order valence-electron chi connectivity index (χ1n) is 6.33. The van der Waals surface area contributed by atoms with E-state index in [1.165, 1.54) is 7.11 Å². The van der Waals surface area contributed by atoms with Crippen molar-refractivity contribution >= 4 is 5.91 Å². The van der Waals surface area contributed by atoms with Crippen LogP contribution >= 0.6 is 0 Å². The first kappa shape index (κ1) is 15.3. The molecule has 1 unspecified atom stereocenters. The Bertz CT molecular complexity index is 435. The number of hydrogen-bond acceptors (Lipinski definition) is 4. The maximum atomic E-state index is 11.5. The summed E-state index contributed by atoms with van der Waals surface area (Å²) in [7, 11) is 3.40. The fourth-order valence-corrected chi connectivity index (χ4v) is 1.83. The quantitative estimate of drug-likeness (QED) is 0.819. The summed E-state index contributed by atoms with van der Waals surface area (Å²) < 4.78 is 5.09. The number of nitrogens with one attached hydrogen (secondary N) is 1. The Kier molecular flexibility index (Phi) is 5.63. The predicted molar refractivity (Wildman–Crippen MR) is 74.4 cm³/mol. The number of methoxy groups -OCH3 is 1. The van der Waals surface area contributed by atoms with Crippen LogP contribution in [-0.2, 0) is 4.79 Å². The summed E-state index contributed by atoms with van der Waals surface area (Å²) in [4.78, 5) is 13.5. The maximum absolute atomic E-state index is 11.5. The summed E-state index contributed by atoms with van der Waals surface area (Å²) in [5, 5.41) is 12.3. The number of aromatic hydroxyl groups is 1. The Morgan fingerprint density at radius 3 is 2.79 bits per heavy atom. The molecule has 106 valence electrons. The molecule has 0 aromatic heterocycles. The van der Waals surface area contributed by atoms with Crippen molar-refractivity contribution in [3.8, 4) is 11.5 Å². The Morgan fingerprint density at radius 2 is 2.21 bits per heavy atom. The van der Waals surface area contributed by atoms with E-state index in [9.17, 15) is 9.90 Å². The van der Waals surface area contributed by atoms with Crippen LogP contribution in [0.15, 0.2) is 18.2 Å². The third kappa shape index (κ3) is 4.13. The zero-order chi connectivity index (χ0) is 14.4. The highest BCUT2D eigenvalue weighted by atomic mass is 16.5. The van der Waals surface area contributed by atoms with Crippen LogP contribution in [0.3, 0.4) is 0 Å². The third-order valence-electron chi connectivity index (χ3n) is 3.11. The van der Waals surface area contributed by atoms with Crippen molar-refractivity contribution in [1.82, 2.24) is 10.2 Å². The van der Waals surface area contributed by atoms with Crippen LogP contribution in [0.4, 0.5) is 0 Å². The minimum absolute atomic E-state index is 0.00240. The molecule has 0 radical (unpaired) electrons. The number of rotatable bonds is 6. The zero-order valence-corrected chi connectivity index (χ0v) is 11.9. The van der Waals surface area contributed by atoms with Gasteiger partial charge in [-0.3, -0.25) is 9.69 Å². The molecule has 5 heteroatoms. The second-order valence-electron chi connectivity index (χ2n) is 4.48. The summed E-state index contributed by atoms with van der Waals surface area (Å²) in [5.74, 6) is 0.559. The van der Waals surface area contributed by atoms with Crippen LogP contribution in [0.2, 0.25) is 0 Å². The van der Waals surface area contributed by atoms with Crippen LogP contribution in [0.1, 0.15) is 25.5 Å². The van der Waals surface area contributed by atoms with E-state index < -0.39 is 0 Å². The number of likely N-dealkylation sites (N-methyl/N-ethyl adjacent to an activating group) is 2. The topological polar surface area (TPSA) is 61.8 Å². The smallest absolute Gasteiger partial charge is 0.234 e. The Morgan fingerprint density at radius 1 is 1.53 bits per heavy atom. The molecule has 0 bridgehead atoms. The fourth-order valence-electron chi connectivity index (χ4n) is 1.83. The molecule has 1 rings (SSSR count). The monoisotopic (exact) mass is 266 g/mol. The first-order valence-corrected chi connectivity index (χ1v) is 6.33. The number of ether oxygens (including phenoxy) is 1. The largest absolute Gasteiger partial charge is 0.504 e. The van der Waals surface area contributed by atoms with Crippen molar-refractivity contribution < 1.29 is 14.6 Å². The maximum Gasteiger partial charge on any atom is 0.234 e. The van der Waals surface area contributed by atoms with Crippen molar-refractivity contribution in [2.75, 3.05) is 27.2 Å². The van der Waals surface area contributed by atoms with Crippen LogP contribution in [0.5, 0.6) is 11.5 Å². The molecule has 0 saturated heterocycles. The van der Waals surface area contributed by atoms with Gasteiger partial charge >= 0.3 is 0 Å². The second kappa shape index (κ2) is 6.99. The van der Waals surface area contributed by atoms with E-state index in [1.807, 2.05) is 31.9 Å². The highest BCUT2D eigenvalue weighted by Gasteiger charge is 2.16. The highest BCUT2D eigenvalue weighted by Crippen LogP contribution is 2.30. The Labute approximate surface area is 114 Å². The van der Waals surface area contributed by atoms with E-state index in [1.54, 1.807) is 12.1 Å². The van der Waals surface area contributed by atoms with Crippen molar-refractivity contribution in [2.45, 2.75) is 19.9 Å². The minimum atomic E-state index is 0.00240. The molecule has 5 nitrogen and oxygen atoms in total. The SMILES string of the molecule is CCNC(=O)CN(C)C(C)c1ccc(O)c(OC)c1. The number of benzene rings is 1. The van der Waals surface area contributed by atoms with Gasteiger partial charge in [-0.1, -0.05) is 6.07 Å². The van der Waals surface area contributed by atoms with Crippen molar-refractivity contribution in [1.29, 1.82) is 0 Å². The average molecular weight is 266 g/mol. The number of nitrogens with zero attached hydrogens (tertiary/aromatic N) is 1. The lowest BCUT2D eigenvalue weighted by Gasteiger charge is -2.24. The van der Waals surface area contributed by atoms with Gasteiger partial charge in [-0.25, -0.2) is 0 Å². The molecule has 1 aromatic carbocycles.